The van der Waals surface area contributed by atoms with Crippen LogP contribution in [0.5, 0.6) is 0 Å². The number of hydrogen-bond acceptors (Lipinski definition) is 5. The predicted octanol–water partition coefficient (Wildman–Crippen LogP) is 2.76. The van der Waals surface area contributed by atoms with Crippen LogP contribution in [0.1, 0.15) is 11.4 Å². The second-order valence-corrected chi connectivity index (χ2v) is 6.76. The average Bonchev–Trinajstić information content (AvgIpc) is 2.85. The molecule has 0 aliphatic heterocycles. The number of carbonyl (C=O) groups is 1. The maximum Gasteiger partial charge on any atom is 0.239 e. The highest BCUT2D eigenvalue weighted by Crippen LogP contribution is 2.22. The van der Waals surface area contributed by atoms with Crippen molar-refractivity contribution < 1.29 is 4.79 Å². The normalized spacial score (nSPS) is 12.0. The van der Waals surface area contributed by atoms with E-state index in [4.69, 9.17) is 5.73 Å². The van der Waals surface area contributed by atoms with E-state index in [1.807, 2.05) is 30.5 Å². The summed E-state index contributed by atoms with van der Waals surface area (Å²) < 4.78 is 1.15. The van der Waals surface area contributed by atoms with Crippen LogP contribution in [-0.2, 0) is 11.3 Å². The summed E-state index contributed by atoms with van der Waals surface area (Å²) in [5, 5.41) is 0.944. The zero-order valence-electron chi connectivity index (χ0n) is 12.1. The maximum absolute atomic E-state index is 12.1. The summed E-state index contributed by atoms with van der Waals surface area (Å²) in [5.74, 6) is 0.889. The van der Waals surface area contributed by atoms with Crippen LogP contribution in [0.3, 0.4) is 0 Å². The third-order valence-corrected chi connectivity index (χ3v) is 4.70. The number of rotatable bonds is 6. The van der Waals surface area contributed by atoms with Crippen LogP contribution in [0.4, 0.5) is 0 Å². The molecule has 0 bridgehead atoms. The van der Waals surface area contributed by atoms with Crippen LogP contribution < -0.4 is 5.73 Å². The summed E-state index contributed by atoms with van der Waals surface area (Å²) in [6, 6.07) is 7.59. The zero-order valence-corrected chi connectivity index (χ0v) is 14.6. The summed E-state index contributed by atoms with van der Waals surface area (Å²) in [4.78, 5) is 18.3. The molecule has 1 atom stereocenters. The van der Waals surface area contributed by atoms with Crippen LogP contribution in [0.25, 0.3) is 10.2 Å². The van der Waals surface area contributed by atoms with Gasteiger partial charge in [0.1, 0.15) is 5.01 Å². The summed E-state index contributed by atoms with van der Waals surface area (Å²) in [5.41, 5.74) is 6.90. The Kier molecular flexibility index (Phi) is 7.45. The summed E-state index contributed by atoms with van der Waals surface area (Å²) in [6.07, 6.45) is 2.73. The minimum Gasteiger partial charge on any atom is -0.338 e. The molecule has 0 saturated carbocycles. The van der Waals surface area contributed by atoms with Gasteiger partial charge in [0.2, 0.25) is 5.91 Å². The van der Waals surface area contributed by atoms with E-state index in [2.05, 4.69) is 4.98 Å². The highest BCUT2D eigenvalue weighted by molar-refractivity contribution is 7.98. The Morgan fingerprint density at radius 2 is 2.19 bits per heavy atom. The lowest BCUT2D eigenvalue weighted by atomic mass is 10.2. The number of para-hydroxylation sites is 1. The highest BCUT2D eigenvalue weighted by Gasteiger charge is 2.18. The van der Waals surface area contributed by atoms with Gasteiger partial charge in [-0.25, -0.2) is 4.98 Å². The van der Waals surface area contributed by atoms with E-state index >= 15 is 0 Å². The number of aromatic nitrogens is 1. The molecule has 1 amide bonds. The molecule has 2 rings (SSSR count). The third-order valence-electron chi connectivity index (χ3n) is 3.04. The van der Waals surface area contributed by atoms with Crippen molar-refractivity contribution in [3.8, 4) is 0 Å². The quantitative estimate of drug-likeness (QED) is 0.874. The highest BCUT2D eigenvalue weighted by atomic mass is 35.5. The molecule has 1 heterocycles. The number of thioether (sulfide) groups is 1. The average molecular weight is 346 g/mol. The number of thiazole rings is 1. The van der Waals surface area contributed by atoms with Crippen LogP contribution in [0.15, 0.2) is 24.3 Å². The molecule has 0 aliphatic rings. The minimum atomic E-state index is -0.415. The second kappa shape index (κ2) is 8.58. The van der Waals surface area contributed by atoms with Crippen molar-refractivity contribution in [3.63, 3.8) is 0 Å². The maximum atomic E-state index is 12.1. The van der Waals surface area contributed by atoms with Crippen LogP contribution in [0, 0.1) is 0 Å². The molecule has 1 aromatic heterocycles. The number of benzene rings is 1. The third kappa shape index (κ3) is 4.85. The largest absolute Gasteiger partial charge is 0.338 e. The number of amides is 1. The zero-order chi connectivity index (χ0) is 14.5. The molecule has 7 heteroatoms. The molecule has 0 spiro atoms. The molecule has 0 unspecified atom stereocenters. The van der Waals surface area contributed by atoms with Gasteiger partial charge in [0.05, 0.1) is 22.8 Å². The number of hydrogen-bond donors (Lipinski definition) is 1. The van der Waals surface area contributed by atoms with Crippen molar-refractivity contribution in [1.29, 1.82) is 0 Å². The van der Waals surface area contributed by atoms with Gasteiger partial charge in [-0.3, -0.25) is 4.79 Å². The van der Waals surface area contributed by atoms with Gasteiger partial charge in [0.15, 0.2) is 0 Å². The van der Waals surface area contributed by atoms with Crippen molar-refractivity contribution in [1.82, 2.24) is 9.88 Å². The van der Waals surface area contributed by atoms with E-state index in [0.29, 0.717) is 13.0 Å². The summed E-state index contributed by atoms with van der Waals surface area (Å²) >= 11 is 3.33. The van der Waals surface area contributed by atoms with Crippen LogP contribution in [-0.4, -0.2) is 40.9 Å². The number of fused-ring (bicyclic) bond motifs is 1. The van der Waals surface area contributed by atoms with Crippen LogP contribution in [0.2, 0.25) is 0 Å². The molecule has 2 N–H and O–H groups in total. The van der Waals surface area contributed by atoms with Gasteiger partial charge in [-0.05, 0) is 30.6 Å². The number of likely N-dealkylation sites (N-methyl/N-ethyl adjacent to an activating group) is 1. The molecule has 21 heavy (non-hydrogen) atoms. The van der Waals surface area contributed by atoms with E-state index in [-0.39, 0.29) is 18.3 Å². The van der Waals surface area contributed by atoms with Gasteiger partial charge >= 0.3 is 0 Å². The minimum absolute atomic E-state index is 0. The summed E-state index contributed by atoms with van der Waals surface area (Å²) in [6.45, 7) is 0.519. The fourth-order valence-electron chi connectivity index (χ4n) is 1.92. The lowest BCUT2D eigenvalue weighted by Gasteiger charge is -2.20. The molecular formula is C14H20ClN3OS2. The first-order valence-electron chi connectivity index (χ1n) is 6.45. The van der Waals surface area contributed by atoms with Crippen molar-refractivity contribution >= 4 is 51.6 Å². The van der Waals surface area contributed by atoms with E-state index in [0.717, 1.165) is 21.0 Å². The van der Waals surface area contributed by atoms with Gasteiger partial charge in [0.25, 0.3) is 0 Å². The van der Waals surface area contributed by atoms with E-state index in [1.54, 1.807) is 35.0 Å². The molecule has 0 radical (unpaired) electrons. The predicted molar refractivity (Wildman–Crippen MR) is 94.3 cm³/mol. The smallest absolute Gasteiger partial charge is 0.239 e. The van der Waals surface area contributed by atoms with Crippen molar-refractivity contribution in [2.75, 3.05) is 19.1 Å². The fourth-order valence-corrected chi connectivity index (χ4v) is 3.43. The number of nitrogens with zero attached hydrogens (tertiary/aromatic N) is 2. The van der Waals surface area contributed by atoms with Gasteiger partial charge in [0, 0.05) is 7.05 Å². The number of carbonyl (C=O) groups excluding carboxylic acids is 1. The molecule has 0 saturated heterocycles. The molecule has 0 fully saturated rings. The van der Waals surface area contributed by atoms with Crippen molar-refractivity contribution in [2.45, 2.75) is 19.0 Å². The van der Waals surface area contributed by atoms with Crippen LogP contribution >= 0.6 is 35.5 Å². The standard InChI is InChI=1S/C14H19N3OS2.ClH/c1-17(14(18)10(15)7-8-19-2)9-13-16-11-5-3-4-6-12(11)20-13;/h3-6,10H,7-9,15H2,1-2H3;1H/t10-;/m0./s1. The first-order chi connectivity index (χ1) is 9.61. The Hall–Kier alpha value is -0.820. The Labute approximate surface area is 139 Å². The van der Waals surface area contributed by atoms with Gasteiger partial charge in [-0.1, -0.05) is 12.1 Å². The van der Waals surface area contributed by atoms with E-state index < -0.39 is 6.04 Å². The Bertz CT molecular complexity index is 557. The SMILES string of the molecule is CSCC[C@H](N)C(=O)N(C)Cc1nc2ccccc2s1.Cl. The van der Waals surface area contributed by atoms with Gasteiger partial charge < -0.3 is 10.6 Å². The molecule has 1 aromatic carbocycles. The first kappa shape index (κ1) is 18.2. The second-order valence-electron chi connectivity index (χ2n) is 4.66. The van der Waals surface area contributed by atoms with Crippen molar-refractivity contribution in [3.05, 3.63) is 29.3 Å². The molecule has 2 aromatic rings. The Balaban J connectivity index is 0.00000220. The van der Waals surface area contributed by atoms with E-state index in [1.165, 1.54) is 0 Å². The van der Waals surface area contributed by atoms with Gasteiger partial charge in [-0.15, -0.1) is 23.7 Å². The molecule has 4 nitrogen and oxygen atoms in total. The molecular weight excluding hydrogens is 326 g/mol. The topological polar surface area (TPSA) is 59.2 Å². The summed E-state index contributed by atoms with van der Waals surface area (Å²) in [7, 11) is 1.79. The first-order valence-corrected chi connectivity index (χ1v) is 8.67. The Morgan fingerprint density at radius 3 is 2.86 bits per heavy atom. The molecule has 116 valence electrons. The van der Waals surface area contributed by atoms with Crippen molar-refractivity contribution in [2.24, 2.45) is 5.73 Å². The fraction of sp³-hybridized carbons (Fsp3) is 0.429. The lowest BCUT2D eigenvalue weighted by Crippen LogP contribution is -2.41. The number of halogens is 1. The van der Waals surface area contributed by atoms with Gasteiger partial charge in [-0.2, -0.15) is 11.8 Å². The monoisotopic (exact) mass is 345 g/mol. The van der Waals surface area contributed by atoms with E-state index in [9.17, 15) is 4.79 Å². The lowest BCUT2D eigenvalue weighted by molar-refractivity contribution is -0.131. The Morgan fingerprint density at radius 1 is 1.48 bits per heavy atom. The number of nitrogens with two attached hydrogens (primary N) is 1. The molecule has 0 aliphatic carbocycles.